The lowest BCUT2D eigenvalue weighted by atomic mass is 10.1. The van der Waals surface area contributed by atoms with Gasteiger partial charge in [-0.05, 0) is 30.7 Å². The van der Waals surface area contributed by atoms with Gasteiger partial charge in [-0.15, -0.1) is 0 Å². The van der Waals surface area contributed by atoms with Crippen LogP contribution >= 0.6 is 11.8 Å². The molecule has 0 aliphatic rings. The second-order valence-electron chi connectivity index (χ2n) is 7.43. The SMILES string of the molecule is Cc1ccc(Cn2c(SCC(=O)NN=Cc3ccccc3C(=O)O)nc3ccccc32)cc1. The van der Waals surface area contributed by atoms with Crippen molar-refractivity contribution in [3.8, 4) is 0 Å². The summed E-state index contributed by atoms with van der Waals surface area (Å²) in [6.07, 6.45) is 1.33. The zero-order chi connectivity index (χ0) is 23.2. The maximum atomic E-state index is 12.3. The molecule has 0 unspecified atom stereocenters. The average Bonchev–Trinajstić information content (AvgIpc) is 3.16. The molecule has 33 heavy (non-hydrogen) atoms. The van der Waals surface area contributed by atoms with Gasteiger partial charge in [0.2, 0.25) is 0 Å². The zero-order valence-corrected chi connectivity index (χ0v) is 18.7. The monoisotopic (exact) mass is 458 g/mol. The fourth-order valence-electron chi connectivity index (χ4n) is 3.33. The van der Waals surface area contributed by atoms with Crippen LogP contribution in [0.4, 0.5) is 0 Å². The van der Waals surface area contributed by atoms with Crippen LogP contribution in [-0.2, 0) is 11.3 Å². The van der Waals surface area contributed by atoms with Crippen LogP contribution in [0, 0.1) is 6.92 Å². The van der Waals surface area contributed by atoms with Crippen LogP contribution in [0.1, 0.15) is 27.0 Å². The third-order valence-corrected chi connectivity index (χ3v) is 5.97. The van der Waals surface area contributed by atoms with Gasteiger partial charge < -0.3 is 9.67 Å². The average molecular weight is 459 g/mol. The van der Waals surface area contributed by atoms with Gasteiger partial charge >= 0.3 is 5.97 Å². The quantitative estimate of drug-likeness (QED) is 0.233. The van der Waals surface area contributed by atoms with Crippen molar-refractivity contribution in [1.29, 1.82) is 0 Å². The van der Waals surface area contributed by atoms with Crippen molar-refractivity contribution in [2.24, 2.45) is 5.10 Å². The number of nitrogens with zero attached hydrogens (tertiary/aromatic N) is 3. The number of carbonyl (C=O) groups is 2. The van der Waals surface area contributed by atoms with E-state index in [-0.39, 0.29) is 17.2 Å². The maximum Gasteiger partial charge on any atom is 0.336 e. The molecule has 166 valence electrons. The second kappa shape index (κ2) is 10.1. The summed E-state index contributed by atoms with van der Waals surface area (Å²) in [5.41, 5.74) is 7.22. The molecular formula is C25H22N4O3S. The molecule has 0 aliphatic carbocycles. The Kier molecular flexibility index (Phi) is 6.85. The highest BCUT2D eigenvalue weighted by molar-refractivity contribution is 7.99. The number of carbonyl (C=O) groups excluding carboxylic acids is 1. The molecule has 0 atom stereocenters. The van der Waals surface area contributed by atoms with Gasteiger partial charge in [0.25, 0.3) is 5.91 Å². The Labute approximate surface area is 195 Å². The number of hydrogen-bond donors (Lipinski definition) is 2. The highest BCUT2D eigenvalue weighted by Crippen LogP contribution is 2.25. The Morgan fingerprint density at radius 3 is 2.58 bits per heavy atom. The minimum Gasteiger partial charge on any atom is -0.478 e. The van der Waals surface area contributed by atoms with Gasteiger partial charge in [0.1, 0.15) is 0 Å². The fourth-order valence-corrected chi connectivity index (χ4v) is 4.14. The first-order valence-corrected chi connectivity index (χ1v) is 11.3. The highest BCUT2D eigenvalue weighted by Gasteiger charge is 2.13. The number of benzene rings is 3. The van der Waals surface area contributed by atoms with E-state index in [4.69, 9.17) is 4.98 Å². The van der Waals surface area contributed by atoms with Gasteiger partial charge in [0.05, 0.1) is 35.1 Å². The Hall–Kier alpha value is -3.91. The number of para-hydroxylation sites is 2. The van der Waals surface area contributed by atoms with E-state index in [0.717, 1.165) is 21.8 Å². The number of nitrogens with one attached hydrogen (secondary N) is 1. The molecule has 7 nitrogen and oxygen atoms in total. The summed E-state index contributed by atoms with van der Waals surface area (Å²) in [5, 5.41) is 13.9. The summed E-state index contributed by atoms with van der Waals surface area (Å²) in [6, 6.07) is 22.7. The van der Waals surface area contributed by atoms with E-state index in [1.165, 1.54) is 29.6 Å². The van der Waals surface area contributed by atoms with Crippen LogP contribution in [0.2, 0.25) is 0 Å². The minimum atomic E-state index is -1.05. The van der Waals surface area contributed by atoms with Crippen LogP contribution in [0.5, 0.6) is 0 Å². The number of fused-ring (bicyclic) bond motifs is 1. The third-order valence-electron chi connectivity index (χ3n) is 5.00. The molecule has 1 amide bonds. The number of hydrazone groups is 1. The van der Waals surface area contributed by atoms with Gasteiger partial charge in [0, 0.05) is 5.56 Å². The van der Waals surface area contributed by atoms with E-state index in [0.29, 0.717) is 12.1 Å². The third kappa shape index (κ3) is 5.48. The van der Waals surface area contributed by atoms with Gasteiger partial charge in [-0.2, -0.15) is 5.10 Å². The van der Waals surface area contributed by atoms with E-state index in [1.54, 1.807) is 18.2 Å². The Balaban J connectivity index is 1.45. The van der Waals surface area contributed by atoms with Crippen molar-refractivity contribution >= 4 is 40.9 Å². The Morgan fingerprint density at radius 1 is 1.06 bits per heavy atom. The standard InChI is InChI=1S/C25H22N4O3S/c1-17-10-12-18(13-11-17)15-29-22-9-5-4-8-21(22)27-25(29)33-16-23(30)28-26-14-19-6-2-3-7-20(19)24(31)32/h2-14H,15-16H2,1H3,(H,28,30)(H,31,32). The van der Waals surface area contributed by atoms with Crippen LogP contribution in [0.15, 0.2) is 83.1 Å². The first-order valence-electron chi connectivity index (χ1n) is 10.3. The summed E-state index contributed by atoms with van der Waals surface area (Å²) in [6.45, 7) is 2.70. The summed E-state index contributed by atoms with van der Waals surface area (Å²) in [7, 11) is 0. The number of imidazole rings is 1. The molecule has 0 radical (unpaired) electrons. The summed E-state index contributed by atoms with van der Waals surface area (Å²) in [5.74, 6) is -1.24. The van der Waals surface area contributed by atoms with Crippen LogP contribution in [0.25, 0.3) is 11.0 Å². The van der Waals surface area contributed by atoms with E-state index in [1.807, 2.05) is 24.3 Å². The van der Waals surface area contributed by atoms with Crippen molar-refractivity contribution in [1.82, 2.24) is 15.0 Å². The first-order chi connectivity index (χ1) is 16.0. The minimum absolute atomic E-state index is 0.120. The number of aromatic nitrogens is 2. The van der Waals surface area contributed by atoms with Crippen LogP contribution < -0.4 is 5.43 Å². The molecule has 4 aromatic rings. The molecule has 0 bridgehead atoms. The topological polar surface area (TPSA) is 96.6 Å². The summed E-state index contributed by atoms with van der Waals surface area (Å²) in [4.78, 5) is 28.3. The van der Waals surface area contributed by atoms with E-state index in [9.17, 15) is 14.7 Å². The lowest BCUT2D eigenvalue weighted by Crippen LogP contribution is -2.20. The molecule has 8 heteroatoms. The van der Waals surface area contributed by atoms with E-state index in [2.05, 4.69) is 46.3 Å². The number of hydrogen-bond acceptors (Lipinski definition) is 5. The second-order valence-corrected chi connectivity index (χ2v) is 8.37. The number of carboxylic acids is 1. The van der Waals surface area contributed by atoms with Crippen molar-refractivity contribution in [2.45, 2.75) is 18.6 Å². The lowest BCUT2D eigenvalue weighted by molar-refractivity contribution is -0.118. The summed E-state index contributed by atoms with van der Waals surface area (Å²) >= 11 is 1.33. The molecule has 0 saturated heterocycles. The number of thioether (sulfide) groups is 1. The molecule has 0 spiro atoms. The van der Waals surface area contributed by atoms with Gasteiger partial charge in [-0.1, -0.05) is 71.9 Å². The normalized spacial score (nSPS) is 11.2. The number of carboxylic acid groups (broad SMARTS) is 1. The Morgan fingerprint density at radius 2 is 1.79 bits per heavy atom. The van der Waals surface area contributed by atoms with Crippen LogP contribution in [0.3, 0.4) is 0 Å². The first kappa shape index (κ1) is 22.3. The zero-order valence-electron chi connectivity index (χ0n) is 17.9. The predicted molar refractivity (Wildman–Crippen MR) is 130 cm³/mol. The molecule has 0 fully saturated rings. The van der Waals surface area contributed by atoms with Crippen LogP contribution in [-0.4, -0.2) is 38.5 Å². The highest BCUT2D eigenvalue weighted by atomic mass is 32.2. The summed E-state index contributed by atoms with van der Waals surface area (Å²) < 4.78 is 2.10. The molecule has 0 aliphatic heterocycles. The largest absolute Gasteiger partial charge is 0.478 e. The van der Waals surface area contributed by atoms with Gasteiger partial charge in [-0.3, -0.25) is 4.79 Å². The smallest absolute Gasteiger partial charge is 0.336 e. The predicted octanol–water partition coefficient (Wildman–Crippen LogP) is 4.33. The molecule has 0 saturated carbocycles. The van der Waals surface area contributed by atoms with Crippen molar-refractivity contribution in [3.05, 3.63) is 95.1 Å². The number of rotatable bonds is 8. The number of aryl methyl sites for hydroxylation is 1. The van der Waals surface area contributed by atoms with Crippen molar-refractivity contribution < 1.29 is 14.7 Å². The molecule has 2 N–H and O–H groups in total. The lowest BCUT2D eigenvalue weighted by Gasteiger charge is -2.09. The number of aromatic carboxylic acids is 1. The van der Waals surface area contributed by atoms with Crippen molar-refractivity contribution in [3.63, 3.8) is 0 Å². The van der Waals surface area contributed by atoms with E-state index >= 15 is 0 Å². The fraction of sp³-hybridized carbons (Fsp3) is 0.120. The number of amides is 1. The molecule has 3 aromatic carbocycles. The molecule has 1 aromatic heterocycles. The molecule has 4 rings (SSSR count). The maximum absolute atomic E-state index is 12.3. The van der Waals surface area contributed by atoms with Gasteiger partial charge in [0.15, 0.2) is 5.16 Å². The Bertz CT molecular complexity index is 1330. The van der Waals surface area contributed by atoms with Gasteiger partial charge in [-0.25, -0.2) is 15.2 Å². The molecular weight excluding hydrogens is 436 g/mol. The van der Waals surface area contributed by atoms with E-state index < -0.39 is 5.97 Å². The molecule has 1 heterocycles. The van der Waals surface area contributed by atoms with Crippen molar-refractivity contribution in [2.75, 3.05) is 5.75 Å².